The molecule has 2 heterocycles. The number of nitrogens with zero attached hydrogens (tertiary/aromatic N) is 1. The van der Waals surface area contributed by atoms with E-state index in [1.165, 1.54) is 0 Å². The molecule has 1 fully saturated rings. The van der Waals surface area contributed by atoms with Gasteiger partial charge in [0, 0.05) is 23.8 Å². The molecule has 0 aliphatic carbocycles. The molecule has 1 aromatic carbocycles. The van der Waals surface area contributed by atoms with Gasteiger partial charge in [-0.3, -0.25) is 4.79 Å². The lowest BCUT2D eigenvalue weighted by molar-refractivity contribution is -0.120. The Labute approximate surface area is 134 Å². The van der Waals surface area contributed by atoms with Gasteiger partial charge in [0.1, 0.15) is 5.60 Å². The van der Waals surface area contributed by atoms with Gasteiger partial charge < -0.3 is 15.0 Å². The fraction of sp³-hybridized carbons (Fsp3) is 0.500. The number of hydrogen-bond acceptors (Lipinski definition) is 3. The zero-order chi connectivity index (χ0) is 16.1. The van der Waals surface area contributed by atoms with Gasteiger partial charge in [0.2, 0.25) is 5.91 Å². The molecule has 2 aliphatic rings. The average Bonchev–Trinajstić information content (AvgIpc) is 2.94. The van der Waals surface area contributed by atoms with Crippen molar-refractivity contribution in [2.24, 2.45) is 0 Å². The highest BCUT2D eigenvalue weighted by Gasteiger charge is 2.52. The van der Waals surface area contributed by atoms with Crippen molar-refractivity contribution in [2.75, 3.05) is 18.4 Å². The summed E-state index contributed by atoms with van der Waals surface area (Å²) in [6.45, 7) is 6.30. The average molecular weight is 323 g/mol. The lowest BCUT2D eigenvalue weighted by Gasteiger charge is -2.26. The van der Waals surface area contributed by atoms with Crippen molar-refractivity contribution in [1.29, 1.82) is 0 Å². The summed E-state index contributed by atoms with van der Waals surface area (Å²) < 4.78 is 5.40. The first kappa shape index (κ1) is 15.2. The van der Waals surface area contributed by atoms with Crippen molar-refractivity contribution < 1.29 is 14.3 Å². The molecule has 1 saturated heterocycles. The summed E-state index contributed by atoms with van der Waals surface area (Å²) in [6.07, 6.45) is 0.193. The second-order valence-corrected chi connectivity index (χ2v) is 7.31. The summed E-state index contributed by atoms with van der Waals surface area (Å²) in [5.74, 6) is -0.0733. The molecule has 0 radical (unpaired) electrons. The maximum atomic E-state index is 12.5. The first-order valence-corrected chi connectivity index (χ1v) is 7.68. The molecule has 5 nitrogen and oxygen atoms in total. The molecule has 6 heteroatoms. The Morgan fingerprint density at radius 1 is 1.41 bits per heavy atom. The smallest absolute Gasteiger partial charge is 0.410 e. The lowest BCUT2D eigenvalue weighted by atomic mass is 9.81. The molecule has 2 amide bonds. The molecule has 0 unspecified atom stereocenters. The Balaban J connectivity index is 1.87. The van der Waals surface area contributed by atoms with Crippen molar-refractivity contribution in [3.05, 3.63) is 28.8 Å². The van der Waals surface area contributed by atoms with Crippen LogP contribution in [-0.2, 0) is 14.9 Å². The van der Waals surface area contributed by atoms with Gasteiger partial charge in [0.25, 0.3) is 0 Å². The van der Waals surface area contributed by atoms with E-state index in [2.05, 4.69) is 5.32 Å². The van der Waals surface area contributed by atoms with Gasteiger partial charge in [-0.25, -0.2) is 4.79 Å². The van der Waals surface area contributed by atoms with Crippen molar-refractivity contribution in [1.82, 2.24) is 4.90 Å². The molecule has 1 spiro atoms. The van der Waals surface area contributed by atoms with E-state index in [0.717, 1.165) is 11.3 Å². The quantitative estimate of drug-likeness (QED) is 0.798. The molecule has 2 aliphatic heterocycles. The number of amides is 2. The second-order valence-electron chi connectivity index (χ2n) is 6.88. The number of nitrogens with one attached hydrogen (secondary N) is 1. The first-order valence-electron chi connectivity index (χ1n) is 7.31. The predicted octanol–water partition coefficient (Wildman–Crippen LogP) is 3.17. The van der Waals surface area contributed by atoms with Gasteiger partial charge in [-0.15, -0.1) is 0 Å². The van der Waals surface area contributed by atoms with E-state index < -0.39 is 11.0 Å². The summed E-state index contributed by atoms with van der Waals surface area (Å²) in [5.41, 5.74) is 0.389. The zero-order valence-electron chi connectivity index (χ0n) is 12.9. The number of hydrogen-bond donors (Lipinski definition) is 1. The molecule has 0 aromatic heterocycles. The number of rotatable bonds is 0. The fourth-order valence-corrected chi connectivity index (χ4v) is 3.26. The Bertz CT molecular complexity index is 653. The minimum atomic E-state index is -0.711. The van der Waals surface area contributed by atoms with E-state index >= 15 is 0 Å². The van der Waals surface area contributed by atoms with Crippen molar-refractivity contribution >= 4 is 29.3 Å². The minimum absolute atomic E-state index is 0.0733. The van der Waals surface area contributed by atoms with E-state index in [1.54, 1.807) is 17.0 Å². The number of carbonyl (C=O) groups excluding carboxylic acids is 2. The van der Waals surface area contributed by atoms with Crippen LogP contribution >= 0.6 is 11.6 Å². The highest BCUT2D eigenvalue weighted by Crippen LogP contribution is 2.45. The molecule has 22 heavy (non-hydrogen) atoms. The van der Waals surface area contributed by atoms with Gasteiger partial charge in [-0.05, 0) is 51.0 Å². The van der Waals surface area contributed by atoms with Gasteiger partial charge in [-0.1, -0.05) is 11.6 Å². The van der Waals surface area contributed by atoms with Crippen molar-refractivity contribution in [3.8, 4) is 0 Å². The van der Waals surface area contributed by atoms with Crippen LogP contribution in [0.3, 0.4) is 0 Å². The summed E-state index contributed by atoms with van der Waals surface area (Å²) in [6, 6.07) is 5.37. The van der Waals surface area contributed by atoms with E-state index in [4.69, 9.17) is 16.3 Å². The van der Waals surface area contributed by atoms with Crippen molar-refractivity contribution in [2.45, 2.75) is 38.2 Å². The molecular formula is C16H19ClN2O3. The van der Waals surface area contributed by atoms with Crippen LogP contribution in [0.4, 0.5) is 10.5 Å². The Morgan fingerprint density at radius 3 is 2.82 bits per heavy atom. The van der Waals surface area contributed by atoms with Crippen molar-refractivity contribution in [3.63, 3.8) is 0 Å². The van der Waals surface area contributed by atoms with Crippen LogP contribution in [0.1, 0.15) is 32.8 Å². The summed E-state index contributed by atoms with van der Waals surface area (Å²) in [5, 5.41) is 3.48. The van der Waals surface area contributed by atoms with Crippen LogP contribution < -0.4 is 5.32 Å². The van der Waals surface area contributed by atoms with Crippen LogP contribution in [0.2, 0.25) is 5.02 Å². The predicted molar refractivity (Wildman–Crippen MR) is 84.2 cm³/mol. The number of ether oxygens (including phenoxy) is 1. The van der Waals surface area contributed by atoms with E-state index in [0.29, 0.717) is 24.5 Å². The standard InChI is InChI=1S/C16H19ClN2O3/c1-15(2,3)22-14(21)19-7-6-16(9-19)11-8-10(17)4-5-12(11)18-13(16)20/h4-5,8H,6-7,9H2,1-3H3,(H,18,20)/t16-/m1/s1. The number of fused-ring (bicyclic) bond motifs is 2. The molecule has 0 bridgehead atoms. The molecular weight excluding hydrogens is 304 g/mol. The SMILES string of the molecule is CC(C)(C)OC(=O)N1CC[C@]2(C1)C(=O)Nc1ccc(Cl)cc12. The van der Waals surface area contributed by atoms with Crippen LogP contribution in [0, 0.1) is 0 Å². The van der Waals surface area contributed by atoms with Crippen LogP contribution in [-0.4, -0.2) is 35.6 Å². The van der Waals surface area contributed by atoms with E-state index in [-0.39, 0.29) is 12.0 Å². The molecule has 3 rings (SSSR count). The third-order valence-corrected chi connectivity index (χ3v) is 4.34. The topological polar surface area (TPSA) is 58.6 Å². The highest BCUT2D eigenvalue weighted by molar-refractivity contribution is 6.31. The summed E-state index contributed by atoms with van der Waals surface area (Å²) in [7, 11) is 0. The maximum absolute atomic E-state index is 12.5. The molecule has 0 saturated carbocycles. The number of anilines is 1. The Hall–Kier alpha value is -1.75. The number of carbonyl (C=O) groups is 2. The summed E-state index contributed by atoms with van der Waals surface area (Å²) in [4.78, 5) is 26.3. The van der Waals surface area contributed by atoms with Gasteiger partial charge in [0.05, 0.1) is 5.41 Å². The lowest BCUT2D eigenvalue weighted by Crippen LogP contribution is -2.41. The Morgan fingerprint density at radius 2 is 2.14 bits per heavy atom. The third kappa shape index (κ3) is 2.43. The minimum Gasteiger partial charge on any atom is -0.444 e. The van der Waals surface area contributed by atoms with Crippen LogP contribution in [0.15, 0.2) is 18.2 Å². The van der Waals surface area contributed by atoms with E-state index in [1.807, 2.05) is 26.8 Å². The summed E-state index contributed by atoms with van der Waals surface area (Å²) >= 11 is 6.07. The molecule has 1 atom stereocenters. The Kier molecular flexibility index (Phi) is 3.36. The first-order chi connectivity index (χ1) is 10.2. The van der Waals surface area contributed by atoms with Crippen LogP contribution in [0.5, 0.6) is 0 Å². The van der Waals surface area contributed by atoms with Gasteiger partial charge in [0.15, 0.2) is 0 Å². The normalized spacial score (nSPS) is 23.6. The number of halogens is 1. The monoisotopic (exact) mass is 322 g/mol. The second kappa shape index (κ2) is 4.88. The molecule has 1 aromatic rings. The zero-order valence-corrected chi connectivity index (χ0v) is 13.7. The molecule has 1 N–H and O–H groups in total. The fourth-order valence-electron chi connectivity index (χ4n) is 3.08. The maximum Gasteiger partial charge on any atom is 0.410 e. The highest BCUT2D eigenvalue weighted by atomic mass is 35.5. The molecule has 118 valence electrons. The number of likely N-dealkylation sites (tertiary alicyclic amines) is 1. The third-order valence-electron chi connectivity index (χ3n) is 4.10. The van der Waals surface area contributed by atoms with E-state index in [9.17, 15) is 9.59 Å². The van der Waals surface area contributed by atoms with Gasteiger partial charge in [-0.2, -0.15) is 0 Å². The number of benzene rings is 1. The van der Waals surface area contributed by atoms with Crippen LogP contribution in [0.25, 0.3) is 0 Å². The van der Waals surface area contributed by atoms with Gasteiger partial charge >= 0.3 is 6.09 Å². The largest absolute Gasteiger partial charge is 0.444 e.